The van der Waals surface area contributed by atoms with Gasteiger partial charge in [-0.3, -0.25) is 4.79 Å². The molecule has 1 fully saturated rings. The first-order valence-electron chi connectivity index (χ1n) is 5.65. The molecule has 3 N–H and O–H groups in total. The monoisotopic (exact) mass is 214 g/mol. The Morgan fingerprint density at radius 1 is 1.47 bits per heavy atom. The minimum atomic E-state index is -1.28. The van der Waals surface area contributed by atoms with Gasteiger partial charge in [0.25, 0.3) is 5.91 Å². The molecule has 0 aromatic rings. The van der Waals surface area contributed by atoms with Gasteiger partial charge in [0.2, 0.25) is 0 Å². The number of hydrogen-bond donors (Lipinski definition) is 3. The summed E-state index contributed by atoms with van der Waals surface area (Å²) in [6.45, 7) is 7.08. The molecule has 1 unspecified atom stereocenters. The predicted molar refractivity (Wildman–Crippen MR) is 59.5 cm³/mol. The fourth-order valence-corrected chi connectivity index (χ4v) is 1.85. The van der Waals surface area contributed by atoms with E-state index in [0.29, 0.717) is 5.92 Å². The van der Waals surface area contributed by atoms with Crippen LogP contribution in [0.5, 0.6) is 0 Å². The second-order valence-electron chi connectivity index (χ2n) is 4.91. The number of amides is 1. The molecule has 0 aromatic heterocycles. The largest absolute Gasteiger partial charge is 0.381 e. The van der Waals surface area contributed by atoms with Crippen LogP contribution >= 0.6 is 0 Å². The topological polar surface area (TPSA) is 61.4 Å². The van der Waals surface area contributed by atoms with Crippen molar-refractivity contribution in [1.82, 2.24) is 10.6 Å². The molecule has 1 aliphatic heterocycles. The molecule has 15 heavy (non-hydrogen) atoms. The van der Waals surface area contributed by atoms with E-state index in [-0.39, 0.29) is 11.9 Å². The van der Waals surface area contributed by atoms with Gasteiger partial charge in [-0.15, -0.1) is 0 Å². The van der Waals surface area contributed by atoms with Crippen LogP contribution in [0.3, 0.4) is 0 Å². The van der Waals surface area contributed by atoms with Crippen molar-refractivity contribution in [3.63, 3.8) is 0 Å². The fraction of sp³-hybridized carbons (Fsp3) is 0.909. The van der Waals surface area contributed by atoms with Crippen molar-refractivity contribution in [3.05, 3.63) is 0 Å². The van der Waals surface area contributed by atoms with Crippen molar-refractivity contribution in [2.24, 2.45) is 5.92 Å². The van der Waals surface area contributed by atoms with Crippen molar-refractivity contribution in [3.8, 4) is 0 Å². The Balaban J connectivity index is 2.40. The van der Waals surface area contributed by atoms with Gasteiger partial charge in [0.05, 0.1) is 0 Å². The van der Waals surface area contributed by atoms with Crippen LogP contribution in [0.15, 0.2) is 0 Å². The van der Waals surface area contributed by atoms with Crippen LogP contribution in [0.4, 0.5) is 0 Å². The van der Waals surface area contributed by atoms with Gasteiger partial charge in [0.15, 0.2) is 0 Å². The van der Waals surface area contributed by atoms with E-state index in [9.17, 15) is 9.90 Å². The molecule has 1 atom stereocenters. The molecule has 1 saturated heterocycles. The van der Waals surface area contributed by atoms with Crippen molar-refractivity contribution in [2.45, 2.75) is 45.3 Å². The number of carbonyl (C=O) groups is 1. The van der Waals surface area contributed by atoms with Gasteiger partial charge in [0.1, 0.15) is 5.60 Å². The molecule has 0 bridgehead atoms. The summed E-state index contributed by atoms with van der Waals surface area (Å²) in [5, 5.41) is 15.7. The zero-order valence-electron chi connectivity index (χ0n) is 9.84. The molecule has 1 amide bonds. The fourth-order valence-electron chi connectivity index (χ4n) is 1.85. The third kappa shape index (κ3) is 3.80. The van der Waals surface area contributed by atoms with Crippen molar-refractivity contribution < 1.29 is 9.90 Å². The van der Waals surface area contributed by atoms with Crippen LogP contribution in [-0.4, -0.2) is 35.7 Å². The van der Waals surface area contributed by atoms with Crippen molar-refractivity contribution >= 4 is 5.91 Å². The van der Waals surface area contributed by atoms with Crippen LogP contribution in [0.1, 0.15) is 33.6 Å². The van der Waals surface area contributed by atoms with Gasteiger partial charge in [-0.25, -0.2) is 0 Å². The maximum Gasteiger partial charge on any atom is 0.251 e. The Hall–Kier alpha value is -0.610. The summed E-state index contributed by atoms with van der Waals surface area (Å²) in [5.41, 5.74) is -1.28. The second-order valence-corrected chi connectivity index (χ2v) is 4.91. The third-order valence-electron chi connectivity index (χ3n) is 3.01. The maximum atomic E-state index is 11.5. The molecule has 0 aromatic carbocycles. The molecule has 0 spiro atoms. The summed E-state index contributed by atoms with van der Waals surface area (Å²) in [6, 6.07) is 0.144. The summed E-state index contributed by atoms with van der Waals surface area (Å²) >= 11 is 0. The lowest BCUT2D eigenvalue weighted by Gasteiger charge is -2.30. The average Bonchev–Trinajstić information content (AvgIpc) is 2.17. The van der Waals surface area contributed by atoms with Crippen molar-refractivity contribution in [2.75, 3.05) is 13.1 Å². The van der Waals surface area contributed by atoms with E-state index < -0.39 is 5.60 Å². The molecule has 0 saturated carbocycles. The molecule has 88 valence electrons. The minimum absolute atomic E-state index is 0.144. The molecule has 1 aliphatic rings. The highest BCUT2D eigenvalue weighted by Gasteiger charge is 2.28. The Morgan fingerprint density at radius 2 is 2.00 bits per heavy atom. The Kier molecular flexibility index (Phi) is 4.11. The van der Waals surface area contributed by atoms with Gasteiger partial charge < -0.3 is 15.7 Å². The zero-order valence-corrected chi connectivity index (χ0v) is 9.84. The summed E-state index contributed by atoms with van der Waals surface area (Å²) in [7, 11) is 0. The highest BCUT2D eigenvalue weighted by atomic mass is 16.3. The standard InChI is InChI=1S/C11H22N2O2/c1-8(9-4-6-12-7-5-9)13-10(14)11(2,3)15/h8-9,12,15H,4-7H2,1-3H3,(H,13,14). The Morgan fingerprint density at radius 3 is 2.47 bits per heavy atom. The van der Waals surface area contributed by atoms with E-state index in [2.05, 4.69) is 10.6 Å². The summed E-state index contributed by atoms with van der Waals surface area (Å²) in [5.74, 6) is 0.242. The molecular formula is C11H22N2O2. The van der Waals surface area contributed by atoms with Gasteiger partial charge in [0, 0.05) is 6.04 Å². The van der Waals surface area contributed by atoms with Gasteiger partial charge in [-0.05, 0) is 52.6 Å². The minimum Gasteiger partial charge on any atom is -0.381 e. The van der Waals surface area contributed by atoms with Gasteiger partial charge >= 0.3 is 0 Å². The number of rotatable bonds is 3. The van der Waals surface area contributed by atoms with Gasteiger partial charge in [-0.1, -0.05) is 0 Å². The predicted octanol–water partition coefficient (Wildman–Crippen LogP) is 0.262. The molecule has 1 heterocycles. The van der Waals surface area contributed by atoms with Crippen LogP contribution in [0.2, 0.25) is 0 Å². The summed E-state index contributed by atoms with van der Waals surface area (Å²) < 4.78 is 0. The van der Waals surface area contributed by atoms with Crippen molar-refractivity contribution in [1.29, 1.82) is 0 Å². The molecule has 0 aliphatic carbocycles. The first-order chi connectivity index (χ1) is 6.91. The van der Waals surface area contributed by atoms with Gasteiger partial charge in [-0.2, -0.15) is 0 Å². The van der Waals surface area contributed by atoms with Crippen LogP contribution in [-0.2, 0) is 4.79 Å². The maximum absolute atomic E-state index is 11.5. The van der Waals surface area contributed by atoms with Crippen LogP contribution in [0.25, 0.3) is 0 Å². The number of hydrogen-bond acceptors (Lipinski definition) is 3. The first-order valence-corrected chi connectivity index (χ1v) is 5.65. The smallest absolute Gasteiger partial charge is 0.251 e. The molecule has 0 radical (unpaired) electrons. The summed E-state index contributed by atoms with van der Waals surface area (Å²) in [6.07, 6.45) is 2.18. The van der Waals surface area contributed by atoms with Crippen LogP contribution < -0.4 is 10.6 Å². The Bertz CT molecular complexity index is 217. The number of nitrogens with one attached hydrogen (secondary N) is 2. The number of aliphatic hydroxyl groups is 1. The van der Waals surface area contributed by atoms with E-state index in [4.69, 9.17) is 0 Å². The third-order valence-corrected chi connectivity index (χ3v) is 3.01. The number of piperidine rings is 1. The molecule has 4 nitrogen and oxygen atoms in total. The van der Waals surface area contributed by atoms with E-state index in [1.54, 1.807) is 0 Å². The second kappa shape index (κ2) is 4.94. The first kappa shape index (κ1) is 12.5. The normalized spacial score (nSPS) is 21.1. The summed E-state index contributed by atoms with van der Waals surface area (Å²) in [4.78, 5) is 11.5. The average molecular weight is 214 g/mol. The lowest BCUT2D eigenvalue weighted by molar-refractivity contribution is -0.137. The van der Waals surface area contributed by atoms with E-state index >= 15 is 0 Å². The quantitative estimate of drug-likeness (QED) is 0.631. The molecular weight excluding hydrogens is 192 g/mol. The SMILES string of the molecule is CC(NC(=O)C(C)(C)O)C1CCNCC1. The lowest BCUT2D eigenvalue weighted by Crippen LogP contribution is -2.49. The number of carbonyl (C=O) groups excluding carboxylic acids is 1. The molecule has 4 heteroatoms. The van der Waals surface area contributed by atoms with Crippen LogP contribution in [0, 0.1) is 5.92 Å². The highest BCUT2D eigenvalue weighted by molar-refractivity contribution is 5.84. The lowest BCUT2D eigenvalue weighted by atomic mass is 9.91. The Labute approximate surface area is 91.4 Å². The van der Waals surface area contributed by atoms with E-state index in [1.165, 1.54) is 13.8 Å². The highest BCUT2D eigenvalue weighted by Crippen LogP contribution is 2.16. The zero-order chi connectivity index (χ0) is 11.5. The van der Waals surface area contributed by atoms with E-state index in [1.807, 2.05) is 6.92 Å². The van der Waals surface area contributed by atoms with E-state index in [0.717, 1.165) is 25.9 Å². The molecule has 1 rings (SSSR count).